The molecule has 1 aromatic rings. The third-order valence-electron chi connectivity index (χ3n) is 2.93. The molecule has 0 amide bonds. The molecule has 0 saturated carbocycles. The van der Waals surface area contributed by atoms with Gasteiger partial charge in [0.15, 0.2) is 0 Å². The highest BCUT2D eigenvalue weighted by Crippen LogP contribution is 2.20. The van der Waals surface area contributed by atoms with Crippen LogP contribution in [0.25, 0.3) is 0 Å². The van der Waals surface area contributed by atoms with Crippen LogP contribution in [0.4, 0.5) is 5.69 Å². The van der Waals surface area contributed by atoms with Gasteiger partial charge in [-0.05, 0) is 32.0 Å². The fourth-order valence-electron chi connectivity index (χ4n) is 1.64. The van der Waals surface area contributed by atoms with Gasteiger partial charge in [-0.25, -0.2) is 0 Å². The third-order valence-corrected chi connectivity index (χ3v) is 4.66. The maximum atomic E-state index is 2.38. The number of rotatable bonds is 2. The lowest BCUT2D eigenvalue weighted by Crippen LogP contribution is -2.42. The minimum Gasteiger partial charge on any atom is -0.370 e. The standard InChI is InChI=1S/C13H23NSi/c1-13(2,3)14(4)11-9-7-8-10-12(11)15(5)6/h7-10,15H,1-6H3. The molecule has 0 spiro atoms. The van der Waals surface area contributed by atoms with Gasteiger partial charge in [-0.2, -0.15) is 0 Å². The second kappa shape index (κ2) is 4.39. The van der Waals surface area contributed by atoms with Crippen LogP contribution in [-0.2, 0) is 0 Å². The molecular formula is C13H23NSi. The minimum absolute atomic E-state index is 0.194. The van der Waals surface area contributed by atoms with E-state index in [1.54, 1.807) is 5.19 Å². The first-order chi connectivity index (χ1) is 6.84. The maximum Gasteiger partial charge on any atom is 0.0674 e. The molecule has 1 rings (SSSR count). The van der Waals surface area contributed by atoms with E-state index in [-0.39, 0.29) is 5.54 Å². The van der Waals surface area contributed by atoms with Crippen LogP contribution in [0, 0.1) is 0 Å². The van der Waals surface area contributed by atoms with E-state index in [9.17, 15) is 0 Å². The van der Waals surface area contributed by atoms with Gasteiger partial charge in [-0.1, -0.05) is 31.3 Å². The van der Waals surface area contributed by atoms with E-state index in [1.807, 2.05) is 0 Å². The average molecular weight is 221 g/mol. The van der Waals surface area contributed by atoms with Crippen molar-refractivity contribution in [3.8, 4) is 0 Å². The molecule has 1 aromatic carbocycles. The lowest BCUT2D eigenvalue weighted by Gasteiger charge is -2.36. The van der Waals surface area contributed by atoms with Crippen LogP contribution in [0.15, 0.2) is 24.3 Å². The lowest BCUT2D eigenvalue weighted by atomic mass is 10.1. The SMILES string of the molecule is CN(c1ccccc1[SiH](C)C)C(C)(C)C. The molecule has 0 aliphatic heterocycles. The summed E-state index contributed by atoms with van der Waals surface area (Å²) in [5.41, 5.74) is 1.60. The fraction of sp³-hybridized carbons (Fsp3) is 0.538. The summed E-state index contributed by atoms with van der Waals surface area (Å²) in [6.07, 6.45) is 0. The van der Waals surface area contributed by atoms with Crippen molar-refractivity contribution in [3.05, 3.63) is 24.3 Å². The molecule has 15 heavy (non-hydrogen) atoms. The van der Waals surface area contributed by atoms with Gasteiger partial charge >= 0.3 is 0 Å². The largest absolute Gasteiger partial charge is 0.370 e. The first kappa shape index (κ1) is 12.3. The van der Waals surface area contributed by atoms with E-state index in [4.69, 9.17) is 0 Å². The number of hydrogen-bond donors (Lipinski definition) is 0. The van der Waals surface area contributed by atoms with Crippen molar-refractivity contribution in [3.63, 3.8) is 0 Å². The number of hydrogen-bond acceptors (Lipinski definition) is 1. The third kappa shape index (κ3) is 2.85. The molecule has 0 fully saturated rings. The molecule has 1 nitrogen and oxygen atoms in total. The van der Waals surface area contributed by atoms with Crippen LogP contribution in [0.3, 0.4) is 0 Å². The minimum atomic E-state index is -0.738. The highest BCUT2D eigenvalue weighted by Gasteiger charge is 2.20. The zero-order valence-corrected chi connectivity index (χ0v) is 12.0. The molecule has 0 aromatic heterocycles. The number of benzene rings is 1. The fourth-order valence-corrected chi connectivity index (χ4v) is 3.02. The summed E-state index contributed by atoms with van der Waals surface area (Å²) in [5.74, 6) is 0. The molecule has 0 atom stereocenters. The van der Waals surface area contributed by atoms with Crippen LogP contribution < -0.4 is 10.1 Å². The van der Waals surface area contributed by atoms with Gasteiger partial charge in [-0.15, -0.1) is 0 Å². The van der Waals surface area contributed by atoms with Gasteiger partial charge in [0.1, 0.15) is 0 Å². The Balaban J connectivity index is 3.14. The van der Waals surface area contributed by atoms with Crippen LogP contribution in [-0.4, -0.2) is 21.4 Å². The quantitative estimate of drug-likeness (QED) is 0.694. The Morgan fingerprint density at radius 2 is 1.60 bits per heavy atom. The zero-order valence-electron chi connectivity index (χ0n) is 10.8. The molecule has 2 heteroatoms. The number of anilines is 1. The summed E-state index contributed by atoms with van der Waals surface area (Å²) in [7, 11) is 1.45. The van der Waals surface area contributed by atoms with Crippen LogP contribution in [0.2, 0.25) is 13.1 Å². The first-order valence-corrected chi connectivity index (χ1v) is 8.55. The van der Waals surface area contributed by atoms with Gasteiger partial charge < -0.3 is 4.90 Å². The Labute approximate surface area is 95.7 Å². The van der Waals surface area contributed by atoms with Crippen molar-refractivity contribution in [1.29, 1.82) is 0 Å². The smallest absolute Gasteiger partial charge is 0.0674 e. The van der Waals surface area contributed by atoms with Gasteiger partial charge in [0.05, 0.1) is 8.80 Å². The van der Waals surface area contributed by atoms with Crippen molar-refractivity contribution in [2.75, 3.05) is 11.9 Å². The Morgan fingerprint density at radius 3 is 2.07 bits per heavy atom. The first-order valence-electron chi connectivity index (χ1n) is 5.67. The second-order valence-electron chi connectivity index (χ2n) is 5.44. The summed E-state index contributed by atoms with van der Waals surface area (Å²) < 4.78 is 0. The molecule has 0 aliphatic carbocycles. The number of nitrogens with zero attached hydrogens (tertiary/aromatic N) is 1. The average Bonchev–Trinajstić information content (AvgIpc) is 2.15. The summed E-state index contributed by atoms with van der Waals surface area (Å²) in [6, 6.07) is 8.82. The van der Waals surface area contributed by atoms with Crippen molar-refractivity contribution in [2.24, 2.45) is 0 Å². The molecule has 0 radical (unpaired) electrons. The predicted octanol–water partition coefficient (Wildman–Crippen LogP) is 2.62. The van der Waals surface area contributed by atoms with Gasteiger partial charge in [-0.3, -0.25) is 0 Å². The molecule has 0 heterocycles. The van der Waals surface area contributed by atoms with E-state index in [2.05, 4.69) is 70.1 Å². The van der Waals surface area contributed by atoms with Crippen molar-refractivity contribution in [1.82, 2.24) is 0 Å². The molecule has 0 bridgehead atoms. The van der Waals surface area contributed by atoms with E-state index >= 15 is 0 Å². The van der Waals surface area contributed by atoms with Crippen LogP contribution in [0.5, 0.6) is 0 Å². The van der Waals surface area contributed by atoms with Crippen molar-refractivity contribution in [2.45, 2.75) is 39.4 Å². The molecule has 0 saturated heterocycles. The molecular weight excluding hydrogens is 198 g/mol. The summed E-state index contributed by atoms with van der Waals surface area (Å²) in [5, 5.41) is 1.56. The van der Waals surface area contributed by atoms with E-state index in [1.165, 1.54) is 5.69 Å². The number of para-hydroxylation sites is 1. The molecule has 0 unspecified atom stereocenters. The molecule has 0 aliphatic rings. The van der Waals surface area contributed by atoms with Gasteiger partial charge in [0.2, 0.25) is 0 Å². The Kier molecular flexibility index (Phi) is 3.61. The lowest BCUT2D eigenvalue weighted by molar-refractivity contribution is 0.539. The summed E-state index contributed by atoms with van der Waals surface area (Å²) in [6.45, 7) is 11.5. The topological polar surface area (TPSA) is 3.24 Å². The highest BCUT2D eigenvalue weighted by molar-refractivity contribution is 6.72. The zero-order chi connectivity index (χ0) is 11.6. The van der Waals surface area contributed by atoms with E-state index in [0.29, 0.717) is 0 Å². The Bertz CT molecular complexity index is 326. The van der Waals surface area contributed by atoms with Gasteiger partial charge in [0.25, 0.3) is 0 Å². The van der Waals surface area contributed by atoms with Crippen molar-refractivity contribution >= 4 is 19.7 Å². The second-order valence-corrected chi connectivity index (χ2v) is 8.37. The summed E-state index contributed by atoms with van der Waals surface area (Å²) >= 11 is 0. The highest BCUT2D eigenvalue weighted by atomic mass is 28.3. The van der Waals surface area contributed by atoms with Gasteiger partial charge in [0, 0.05) is 18.3 Å². The predicted molar refractivity (Wildman–Crippen MR) is 73.1 cm³/mol. The monoisotopic (exact) mass is 221 g/mol. The normalized spacial score (nSPS) is 11.9. The van der Waals surface area contributed by atoms with Crippen molar-refractivity contribution < 1.29 is 0 Å². The van der Waals surface area contributed by atoms with E-state index in [0.717, 1.165) is 0 Å². The molecule has 84 valence electrons. The van der Waals surface area contributed by atoms with E-state index < -0.39 is 8.80 Å². The Morgan fingerprint density at radius 1 is 1.07 bits per heavy atom. The van der Waals surface area contributed by atoms with Crippen LogP contribution >= 0.6 is 0 Å². The molecule has 0 N–H and O–H groups in total. The van der Waals surface area contributed by atoms with Crippen LogP contribution in [0.1, 0.15) is 20.8 Å². The maximum absolute atomic E-state index is 2.38. The Hall–Kier alpha value is -0.763. The summed E-state index contributed by atoms with van der Waals surface area (Å²) in [4.78, 5) is 2.38.